The Balaban J connectivity index is 6.50. The molecule has 152 valence electrons. The Morgan fingerprint density at radius 1 is 0.704 bits per heavy atom. The number of ether oxygens (including phenoxy) is 4. The van der Waals surface area contributed by atoms with Gasteiger partial charge in [-0.25, -0.2) is 19.2 Å². The number of methoxy groups -OCH3 is 2. The van der Waals surface area contributed by atoms with E-state index in [1.165, 1.54) is 6.92 Å². The van der Waals surface area contributed by atoms with E-state index in [-0.39, 0.29) is 5.57 Å². The van der Waals surface area contributed by atoms with Crippen molar-refractivity contribution < 1.29 is 38.1 Å². The monoisotopic (exact) mass is 384 g/mol. The number of hydrogen-bond acceptors (Lipinski definition) is 8. The van der Waals surface area contributed by atoms with Gasteiger partial charge in [-0.05, 0) is 48.5 Å². The fraction of sp³-hybridized carbons (Fsp3) is 0.579. The Hall–Kier alpha value is -2.64. The fourth-order valence-electron chi connectivity index (χ4n) is 1.84. The van der Waals surface area contributed by atoms with Crippen LogP contribution in [0.25, 0.3) is 0 Å². The number of carbonyl (C=O) groups is 4. The molecule has 27 heavy (non-hydrogen) atoms. The maximum absolute atomic E-state index is 12.6. The molecule has 0 rings (SSSR count). The van der Waals surface area contributed by atoms with Gasteiger partial charge in [0.2, 0.25) is 0 Å². The van der Waals surface area contributed by atoms with Crippen LogP contribution in [0.4, 0.5) is 0 Å². The quantitative estimate of drug-likeness (QED) is 0.308. The molecule has 8 heteroatoms. The molecule has 0 aromatic rings. The molecular weight excluding hydrogens is 356 g/mol. The summed E-state index contributed by atoms with van der Waals surface area (Å²) in [5.41, 5.74) is -2.87. The fourth-order valence-corrected chi connectivity index (χ4v) is 1.84. The maximum atomic E-state index is 12.6. The zero-order valence-electron chi connectivity index (χ0n) is 17.3. The lowest BCUT2D eigenvalue weighted by Gasteiger charge is -2.22. The lowest BCUT2D eigenvalue weighted by atomic mass is 9.99. The van der Waals surface area contributed by atoms with Gasteiger partial charge in [0, 0.05) is 11.6 Å². The second kappa shape index (κ2) is 9.34. The molecule has 0 bridgehead atoms. The molecule has 0 aliphatic heterocycles. The van der Waals surface area contributed by atoms with Crippen LogP contribution in [0.5, 0.6) is 0 Å². The summed E-state index contributed by atoms with van der Waals surface area (Å²) in [6, 6.07) is 0. The van der Waals surface area contributed by atoms with E-state index in [4.69, 9.17) is 9.47 Å². The molecule has 0 heterocycles. The molecule has 0 radical (unpaired) electrons. The van der Waals surface area contributed by atoms with Gasteiger partial charge in [0.1, 0.15) is 11.2 Å². The van der Waals surface area contributed by atoms with Gasteiger partial charge in [0.25, 0.3) is 0 Å². The van der Waals surface area contributed by atoms with Crippen molar-refractivity contribution >= 4 is 23.9 Å². The number of esters is 4. The van der Waals surface area contributed by atoms with E-state index in [2.05, 4.69) is 9.47 Å². The van der Waals surface area contributed by atoms with Crippen LogP contribution in [0.15, 0.2) is 22.8 Å². The van der Waals surface area contributed by atoms with Crippen molar-refractivity contribution in [3.8, 4) is 0 Å². The molecule has 0 atom stereocenters. The van der Waals surface area contributed by atoms with Gasteiger partial charge in [-0.2, -0.15) is 0 Å². The van der Waals surface area contributed by atoms with Crippen molar-refractivity contribution in [2.24, 2.45) is 0 Å². The minimum atomic E-state index is -1.00. The summed E-state index contributed by atoms with van der Waals surface area (Å²) in [5, 5.41) is 0. The summed E-state index contributed by atoms with van der Waals surface area (Å²) in [7, 11) is 2.19. The first-order valence-corrected chi connectivity index (χ1v) is 8.19. The number of carbonyl (C=O) groups excluding carboxylic acids is 4. The van der Waals surface area contributed by atoms with Crippen molar-refractivity contribution in [3.05, 3.63) is 22.8 Å². The summed E-state index contributed by atoms with van der Waals surface area (Å²) in [6.45, 7) is 11.0. The van der Waals surface area contributed by atoms with E-state index < -0.39 is 46.2 Å². The Bertz CT molecular complexity index is 669. The Morgan fingerprint density at radius 2 is 1.15 bits per heavy atom. The molecule has 0 saturated heterocycles. The third kappa shape index (κ3) is 8.52. The maximum Gasteiger partial charge on any atom is 0.339 e. The van der Waals surface area contributed by atoms with E-state index in [1.54, 1.807) is 41.5 Å². The van der Waals surface area contributed by atoms with Crippen LogP contribution in [0.1, 0.15) is 48.5 Å². The average molecular weight is 384 g/mol. The zero-order chi connectivity index (χ0) is 21.6. The normalized spacial score (nSPS) is 13.3. The molecule has 0 N–H and O–H groups in total. The largest absolute Gasteiger partial charge is 0.466 e. The zero-order valence-corrected chi connectivity index (χ0v) is 17.3. The second-order valence-corrected chi connectivity index (χ2v) is 7.58. The molecule has 0 aliphatic rings. The van der Waals surface area contributed by atoms with Crippen LogP contribution in [-0.4, -0.2) is 49.3 Å². The predicted octanol–water partition coefficient (Wildman–Crippen LogP) is 2.26. The Morgan fingerprint density at radius 3 is 1.52 bits per heavy atom. The average Bonchev–Trinajstić information content (AvgIpc) is 2.49. The molecule has 0 unspecified atom stereocenters. The summed E-state index contributed by atoms with van der Waals surface area (Å²) in [4.78, 5) is 49.0. The van der Waals surface area contributed by atoms with E-state index >= 15 is 0 Å². The lowest BCUT2D eigenvalue weighted by Crippen LogP contribution is -2.29. The van der Waals surface area contributed by atoms with Crippen LogP contribution >= 0.6 is 0 Å². The highest BCUT2D eigenvalue weighted by Gasteiger charge is 2.32. The highest BCUT2D eigenvalue weighted by Crippen LogP contribution is 2.23. The van der Waals surface area contributed by atoms with Crippen molar-refractivity contribution in [3.63, 3.8) is 0 Å². The molecule has 0 aromatic heterocycles. The third-order valence-electron chi connectivity index (χ3n) is 2.81. The summed E-state index contributed by atoms with van der Waals surface area (Å²) >= 11 is 0. The Kier molecular flexibility index (Phi) is 8.43. The first-order chi connectivity index (χ1) is 12.1. The van der Waals surface area contributed by atoms with Crippen molar-refractivity contribution in [2.75, 3.05) is 14.2 Å². The smallest absolute Gasteiger partial charge is 0.339 e. The summed E-state index contributed by atoms with van der Waals surface area (Å²) in [6.07, 6.45) is 0.804. The SMILES string of the molecule is COC(=O)/C(C)=C(C(=O)OC)/C(=C/C(=O)OC(C)(C)C)C(=O)OC(C)(C)C. The summed E-state index contributed by atoms with van der Waals surface area (Å²) in [5.74, 6) is -3.74. The molecular formula is C19H28O8. The molecule has 0 aliphatic carbocycles. The predicted molar refractivity (Wildman–Crippen MR) is 96.5 cm³/mol. The molecule has 0 saturated carbocycles. The van der Waals surface area contributed by atoms with Gasteiger partial charge in [0.15, 0.2) is 0 Å². The van der Waals surface area contributed by atoms with Gasteiger partial charge < -0.3 is 18.9 Å². The standard InChI is InChI=1S/C19H28O8/c1-11(15(21)24-8)14(17(23)25-9)12(16(22)27-19(5,6)7)10-13(20)26-18(2,3)4/h10H,1-9H3/b12-10-,14-11-. The van der Waals surface area contributed by atoms with Crippen LogP contribution in [0, 0.1) is 0 Å². The van der Waals surface area contributed by atoms with Crippen molar-refractivity contribution in [2.45, 2.75) is 59.7 Å². The Labute approximate surface area is 159 Å². The number of rotatable bonds is 5. The van der Waals surface area contributed by atoms with E-state index in [0.717, 1.165) is 20.3 Å². The van der Waals surface area contributed by atoms with Crippen LogP contribution in [0.2, 0.25) is 0 Å². The summed E-state index contributed by atoms with van der Waals surface area (Å²) < 4.78 is 19.7. The van der Waals surface area contributed by atoms with E-state index in [9.17, 15) is 19.2 Å². The minimum absolute atomic E-state index is 0.218. The first kappa shape index (κ1) is 24.4. The van der Waals surface area contributed by atoms with Gasteiger partial charge >= 0.3 is 23.9 Å². The molecule has 0 spiro atoms. The van der Waals surface area contributed by atoms with Gasteiger partial charge in [-0.15, -0.1) is 0 Å². The van der Waals surface area contributed by atoms with Gasteiger partial charge in [-0.1, -0.05) is 0 Å². The molecule has 0 fully saturated rings. The molecule has 8 nitrogen and oxygen atoms in total. The molecule has 0 amide bonds. The minimum Gasteiger partial charge on any atom is -0.466 e. The van der Waals surface area contributed by atoms with Crippen LogP contribution < -0.4 is 0 Å². The van der Waals surface area contributed by atoms with Crippen molar-refractivity contribution in [1.29, 1.82) is 0 Å². The van der Waals surface area contributed by atoms with Gasteiger partial charge in [0.05, 0.1) is 25.4 Å². The third-order valence-corrected chi connectivity index (χ3v) is 2.81. The first-order valence-electron chi connectivity index (χ1n) is 8.19. The topological polar surface area (TPSA) is 105 Å². The highest BCUT2D eigenvalue weighted by molar-refractivity contribution is 6.13. The number of hydrogen-bond donors (Lipinski definition) is 0. The second-order valence-electron chi connectivity index (χ2n) is 7.58. The van der Waals surface area contributed by atoms with Gasteiger partial charge in [-0.3, -0.25) is 0 Å². The van der Waals surface area contributed by atoms with E-state index in [0.29, 0.717) is 0 Å². The highest BCUT2D eigenvalue weighted by atomic mass is 16.6. The van der Waals surface area contributed by atoms with Crippen LogP contribution in [-0.2, 0) is 38.1 Å². The van der Waals surface area contributed by atoms with E-state index in [1.807, 2.05) is 0 Å². The van der Waals surface area contributed by atoms with Crippen LogP contribution in [0.3, 0.4) is 0 Å². The van der Waals surface area contributed by atoms with Crippen molar-refractivity contribution in [1.82, 2.24) is 0 Å². The lowest BCUT2D eigenvalue weighted by molar-refractivity contribution is -0.152. The molecule has 0 aromatic carbocycles.